The van der Waals surface area contributed by atoms with Crippen molar-refractivity contribution < 1.29 is 4.92 Å². The number of nitrogen functional groups attached to an aromatic ring is 1. The molecule has 0 aromatic carbocycles. The first-order valence-corrected chi connectivity index (χ1v) is 4.96. The SMILES string of the molecule is CCSc1nc(N)nc(C)c1[N+](=O)[O-]. The van der Waals surface area contributed by atoms with Crippen LogP contribution in [0.1, 0.15) is 12.6 Å². The van der Waals surface area contributed by atoms with E-state index in [1.807, 2.05) is 6.92 Å². The van der Waals surface area contributed by atoms with Gasteiger partial charge in [-0.2, -0.15) is 4.98 Å². The molecule has 1 rings (SSSR count). The minimum absolute atomic E-state index is 0.0500. The zero-order chi connectivity index (χ0) is 10.7. The number of hydrogen-bond donors (Lipinski definition) is 1. The molecule has 0 aliphatic carbocycles. The lowest BCUT2D eigenvalue weighted by Gasteiger charge is -2.02. The van der Waals surface area contributed by atoms with Gasteiger partial charge in [0.05, 0.1) is 4.92 Å². The Morgan fingerprint density at radius 2 is 2.21 bits per heavy atom. The largest absolute Gasteiger partial charge is 0.368 e. The van der Waals surface area contributed by atoms with Crippen molar-refractivity contribution in [3.05, 3.63) is 15.8 Å². The maximum Gasteiger partial charge on any atom is 0.322 e. The highest BCUT2D eigenvalue weighted by molar-refractivity contribution is 7.99. The van der Waals surface area contributed by atoms with E-state index in [2.05, 4.69) is 9.97 Å². The summed E-state index contributed by atoms with van der Waals surface area (Å²) in [5.74, 6) is 0.778. The maximum absolute atomic E-state index is 10.7. The van der Waals surface area contributed by atoms with Crippen LogP contribution in [0.2, 0.25) is 0 Å². The molecule has 0 aliphatic heterocycles. The number of aryl methyl sites for hydroxylation is 1. The third-order valence-electron chi connectivity index (χ3n) is 1.51. The first-order valence-electron chi connectivity index (χ1n) is 3.97. The van der Waals surface area contributed by atoms with Crippen LogP contribution in [0.3, 0.4) is 0 Å². The van der Waals surface area contributed by atoms with Gasteiger partial charge < -0.3 is 5.73 Å². The average Bonchev–Trinajstić information content (AvgIpc) is 2.01. The van der Waals surface area contributed by atoms with Gasteiger partial charge in [-0.05, 0) is 12.7 Å². The third-order valence-corrected chi connectivity index (χ3v) is 2.35. The molecule has 1 heterocycles. The number of nitrogens with two attached hydrogens (primary N) is 1. The van der Waals surface area contributed by atoms with Crippen LogP contribution >= 0.6 is 11.8 Å². The Labute approximate surface area is 85.1 Å². The highest BCUT2D eigenvalue weighted by atomic mass is 32.2. The summed E-state index contributed by atoms with van der Waals surface area (Å²) in [5, 5.41) is 11.0. The zero-order valence-corrected chi connectivity index (χ0v) is 8.67. The quantitative estimate of drug-likeness (QED) is 0.353. The van der Waals surface area contributed by atoms with Gasteiger partial charge in [0.25, 0.3) is 0 Å². The fraction of sp³-hybridized carbons (Fsp3) is 0.429. The fourth-order valence-corrected chi connectivity index (χ4v) is 1.80. The molecular formula is C7H10N4O2S. The summed E-state index contributed by atoms with van der Waals surface area (Å²) in [7, 11) is 0. The summed E-state index contributed by atoms with van der Waals surface area (Å²) in [6.45, 7) is 3.44. The van der Waals surface area contributed by atoms with E-state index in [1.165, 1.54) is 11.8 Å². The Morgan fingerprint density at radius 1 is 1.57 bits per heavy atom. The summed E-state index contributed by atoms with van der Waals surface area (Å²) in [4.78, 5) is 17.8. The fourth-order valence-electron chi connectivity index (χ4n) is 1.01. The molecule has 6 nitrogen and oxygen atoms in total. The lowest BCUT2D eigenvalue weighted by Crippen LogP contribution is -2.04. The summed E-state index contributed by atoms with van der Waals surface area (Å²) < 4.78 is 0. The van der Waals surface area contributed by atoms with E-state index in [1.54, 1.807) is 6.92 Å². The number of rotatable bonds is 3. The summed E-state index contributed by atoms with van der Waals surface area (Å²) in [5.41, 5.74) is 5.65. The van der Waals surface area contributed by atoms with Crippen molar-refractivity contribution in [2.45, 2.75) is 18.9 Å². The van der Waals surface area contributed by atoms with Gasteiger partial charge in [-0.15, -0.1) is 0 Å². The number of hydrogen-bond acceptors (Lipinski definition) is 6. The monoisotopic (exact) mass is 214 g/mol. The molecule has 0 saturated heterocycles. The van der Waals surface area contributed by atoms with Gasteiger partial charge in [0.1, 0.15) is 5.69 Å². The van der Waals surface area contributed by atoms with E-state index < -0.39 is 4.92 Å². The van der Waals surface area contributed by atoms with Crippen molar-refractivity contribution in [2.75, 3.05) is 11.5 Å². The van der Waals surface area contributed by atoms with Crippen LogP contribution in [-0.4, -0.2) is 20.6 Å². The first kappa shape index (κ1) is 10.7. The van der Waals surface area contributed by atoms with E-state index >= 15 is 0 Å². The number of aromatic nitrogens is 2. The topological polar surface area (TPSA) is 94.9 Å². The van der Waals surface area contributed by atoms with Gasteiger partial charge in [0.15, 0.2) is 5.03 Å². The minimum atomic E-state index is -0.479. The second-order valence-electron chi connectivity index (χ2n) is 2.51. The molecule has 1 aromatic rings. The molecule has 7 heteroatoms. The van der Waals surface area contributed by atoms with Crippen molar-refractivity contribution in [1.82, 2.24) is 9.97 Å². The Bertz CT molecular complexity index is 369. The molecule has 0 bridgehead atoms. The normalized spacial score (nSPS) is 10.1. The van der Waals surface area contributed by atoms with E-state index in [0.717, 1.165) is 0 Å². The molecule has 0 fully saturated rings. The van der Waals surface area contributed by atoms with Gasteiger partial charge in [-0.25, -0.2) is 4.98 Å². The number of thioether (sulfide) groups is 1. The van der Waals surface area contributed by atoms with Crippen molar-refractivity contribution in [1.29, 1.82) is 0 Å². The molecule has 14 heavy (non-hydrogen) atoms. The number of anilines is 1. The van der Waals surface area contributed by atoms with Crippen molar-refractivity contribution >= 4 is 23.4 Å². The smallest absolute Gasteiger partial charge is 0.322 e. The highest BCUT2D eigenvalue weighted by Gasteiger charge is 2.20. The van der Waals surface area contributed by atoms with Crippen LogP contribution in [0.25, 0.3) is 0 Å². The van der Waals surface area contributed by atoms with E-state index in [9.17, 15) is 10.1 Å². The predicted molar refractivity (Wildman–Crippen MR) is 54.2 cm³/mol. The van der Waals surface area contributed by atoms with Gasteiger partial charge in [-0.1, -0.05) is 18.7 Å². The van der Waals surface area contributed by atoms with Crippen LogP contribution in [0.15, 0.2) is 5.03 Å². The number of nitrogens with zero attached hydrogens (tertiary/aromatic N) is 3. The molecule has 0 amide bonds. The standard InChI is InChI=1S/C7H10N4O2S/c1-3-14-6-5(11(12)13)4(2)9-7(8)10-6/h3H2,1-2H3,(H2,8,9,10). The molecule has 0 spiro atoms. The third kappa shape index (κ3) is 2.11. The van der Waals surface area contributed by atoms with Crippen LogP contribution in [0.4, 0.5) is 11.6 Å². The van der Waals surface area contributed by atoms with Crippen LogP contribution in [0, 0.1) is 17.0 Å². The highest BCUT2D eigenvalue weighted by Crippen LogP contribution is 2.29. The van der Waals surface area contributed by atoms with Gasteiger partial charge in [0, 0.05) is 0 Å². The first-order chi connectivity index (χ1) is 6.56. The summed E-state index contributed by atoms with van der Waals surface area (Å²) >= 11 is 1.29. The van der Waals surface area contributed by atoms with Crippen LogP contribution in [-0.2, 0) is 0 Å². The molecule has 0 atom stereocenters. The van der Waals surface area contributed by atoms with Crippen LogP contribution in [0.5, 0.6) is 0 Å². The Morgan fingerprint density at radius 3 is 2.71 bits per heavy atom. The summed E-state index contributed by atoms with van der Waals surface area (Å²) in [6, 6.07) is 0. The van der Waals surface area contributed by atoms with E-state index in [0.29, 0.717) is 16.5 Å². The van der Waals surface area contributed by atoms with Crippen molar-refractivity contribution in [3.63, 3.8) is 0 Å². The molecular weight excluding hydrogens is 204 g/mol. The molecule has 0 saturated carbocycles. The Kier molecular flexibility index (Phi) is 3.23. The van der Waals surface area contributed by atoms with Crippen molar-refractivity contribution in [2.24, 2.45) is 0 Å². The second-order valence-corrected chi connectivity index (χ2v) is 3.76. The minimum Gasteiger partial charge on any atom is -0.368 e. The zero-order valence-electron chi connectivity index (χ0n) is 7.85. The van der Waals surface area contributed by atoms with Gasteiger partial charge in [0.2, 0.25) is 5.95 Å². The number of nitro groups is 1. The lowest BCUT2D eigenvalue weighted by atomic mass is 10.4. The lowest BCUT2D eigenvalue weighted by molar-refractivity contribution is -0.389. The second kappa shape index (κ2) is 4.23. The average molecular weight is 214 g/mol. The molecule has 0 unspecified atom stereocenters. The molecule has 0 aliphatic rings. The maximum atomic E-state index is 10.7. The van der Waals surface area contributed by atoms with Gasteiger partial charge in [-0.3, -0.25) is 10.1 Å². The van der Waals surface area contributed by atoms with Gasteiger partial charge >= 0.3 is 5.69 Å². The van der Waals surface area contributed by atoms with Crippen LogP contribution < -0.4 is 5.73 Å². The Balaban J connectivity index is 3.28. The van der Waals surface area contributed by atoms with Crippen molar-refractivity contribution in [3.8, 4) is 0 Å². The predicted octanol–water partition coefficient (Wildman–Crippen LogP) is 1.39. The molecule has 1 aromatic heterocycles. The molecule has 0 radical (unpaired) electrons. The van der Waals surface area contributed by atoms with E-state index in [4.69, 9.17) is 5.73 Å². The summed E-state index contributed by atoms with van der Waals surface area (Å²) in [6.07, 6.45) is 0. The molecule has 2 N–H and O–H groups in total. The Hall–Kier alpha value is -1.37. The molecule has 76 valence electrons. The van der Waals surface area contributed by atoms with E-state index in [-0.39, 0.29) is 11.6 Å².